The highest BCUT2D eigenvalue weighted by Gasteiger charge is 2.38. The molecule has 0 fully saturated rings. The molecule has 0 aliphatic rings. The summed E-state index contributed by atoms with van der Waals surface area (Å²) in [5, 5.41) is 9.51. The quantitative estimate of drug-likeness (QED) is 0.568. The van der Waals surface area contributed by atoms with Gasteiger partial charge in [-0.3, -0.25) is 0 Å². The lowest BCUT2D eigenvalue weighted by Crippen LogP contribution is -2.27. The fraction of sp³-hybridized carbons (Fsp3) is 0.750. The van der Waals surface area contributed by atoms with Gasteiger partial charge in [-0.05, 0) is 0 Å². The van der Waals surface area contributed by atoms with Crippen molar-refractivity contribution in [3.63, 3.8) is 0 Å². The van der Waals surface area contributed by atoms with Crippen molar-refractivity contribution in [2.45, 2.75) is 12.9 Å². The Balaban J connectivity index is 4.12. The Morgan fingerprint density at radius 3 is 1.30 bits per heavy atom. The SMILES string of the molecule is [O]C(=O)C(C(F)F)C(F)F. The second-order valence-corrected chi connectivity index (χ2v) is 1.51. The molecule has 10 heavy (non-hydrogen) atoms. The molecule has 0 N–H and O–H groups in total. The zero-order valence-electron chi connectivity index (χ0n) is 4.56. The van der Waals surface area contributed by atoms with Crippen molar-refractivity contribution in [1.82, 2.24) is 0 Å². The molecule has 0 aliphatic heterocycles. The van der Waals surface area contributed by atoms with Gasteiger partial charge in [-0.1, -0.05) is 0 Å². The van der Waals surface area contributed by atoms with E-state index in [1.165, 1.54) is 0 Å². The van der Waals surface area contributed by atoms with E-state index in [1.54, 1.807) is 0 Å². The summed E-state index contributed by atoms with van der Waals surface area (Å²) in [7, 11) is 0. The zero-order chi connectivity index (χ0) is 8.31. The number of carbonyl (C=O) groups is 1. The van der Waals surface area contributed by atoms with E-state index in [0.29, 0.717) is 0 Å². The number of hydrogen-bond acceptors (Lipinski definition) is 1. The maximum absolute atomic E-state index is 11.3. The van der Waals surface area contributed by atoms with Gasteiger partial charge in [-0.25, -0.2) is 27.5 Å². The summed E-state index contributed by atoms with van der Waals surface area (Å²) in [4.78, 5) is 9.51. The summed E-state index contributed by atoms with van der Waals surface area (Å²) in [5.41, 5.74) is 0. The van der Waals surface area contributed by atoms with Crippen LogP contribution in [0.1, 0.15) is 0 Å². The van der Waals surface area contributed by atoms with Gasteiger partial charge in [0, 0.05) is 0 Å². The van der Waals surface area contributed by atoms with Crippen LogP contribution in [0.4, 0.5) is 17.6 Å². The maximum Gasteiger partial charge on any atom is 0.370 e. The van der Waals surface area contributed by atoms with Gasteiger partial charge in [0.25, 0.3) is 12.9 Å². The molecule has 0 atom stereocenters. The topological polar surface area (TPSA) is 37.0 Å². The Hall–Kier alpha value is -0.810. The minimum Gasteiger partial charge on any atom is -0.247 e. The summed E-state index contributed by atoms with van der Waals surface area (Å²) in [6, 6.07) is 0. The molecule has 0 aromatic rings. The summed E-state index contributed by atoms with van der Waals surface area (Å²) in [6.07, 6.45) is -7.16. The molecule has 0 spiro atoms. The third-order valence-corrected chi connectivity index (χ3v) is 0.815. The average Bonchev–Trinajstić information content (AvgIpc) is 1.59. The number of rotatable bonds is 3. The first kappa shape index (κ1) is 9.19. The predicted octanol–water partition coefficient (Wildman–Crippen LogP) is 1.09. The van der Waals surface area contributed by atoms with Crippen molar-refractivity contribution in [3.05, 3.63) is 0 Å². The largest absolute Gasteiger partial charge is 0.370 e. The Kier molecular flexibility index (Phi) is 3.11. The second-order valence-electron chi connectivity index (χ2n) is 1.51. The fourth-order valence-corrected chi connectivity index (χ4v) is 0.316. The molecule has 0 saturated carbocycles. The highest BCUT2D eigenvalue weighted by molar-refractivity contribution is 5.70. The normalized spacial score (nSPS) is 11.5. The summed E-state index contributed by atoms with van der Waals surface area (Å²) in [6.45, 7) is 0. The Morgan fingerprint density at radius 1 is 1.00 bits per heavy atom. The summed E-state index contributed by atoms with van der Waals surface area (Å²) < 4.78 is 45.2. The molecule has 0 amide bonds. The van der Waals surface area contributed by atoms with Crippen LogP contribution in [0, 0.1) is 5.92 Å². The molecule has 0 saturated heterocycles. The molecule has 0 bridgehead atoms. The van der Waals surface area contributed by atoms with Crippen LogP contribution in [0.2, 0.25) is 0 Å². The van der Waals surface area contributed by atoms with Gasteiger partial charge in [0.05, 0.1) is 0 Å². The van der Waals surface area contributed by atoms with E-state index >= 15 is 0 Å². The first-order valence-corrected chi connectivity index (χ1v) is 2.24. The lowest BCUT2D eigenvalue weighted by atomic mass is 10.2. The van der Waals surface area contributed by atoms with Crippen LogP contribution < -0.4 is 0 Å². The molecule has 0 unspecified atom stereocenters. The number of halogens is 4. The first-order chi connectivity index (χ1) is 4.46. The van der Waals surface area contributed by atoms with Gasteiger partial charge in [0.2, 0.25) is 0 Å². The number of hydrogen-bond donors (Lipinski definition) is 0. The highest BCUT2D eigenvalue weighted by atomic mass is 19.3. The average molecular weight is 159 g/mol. The molecule has 0 aliphatic carbocycles. The summed E-state index contributed by atoms with van der Waals surface area (Å²) in [5.74, 6) is -5.40. The van der Waals surface area contributed by atoms with E-state index in [0.717, 1.165) is 0 Å². The van der Waals surface area contributed by atoms with Crippen molar-refractivity contribution in [3.8, 4) is 0 Å². The number of carbonyl (C=O) groups excluding carboxylic acids is 1. The van der Waals surface area contributed by atoms with Crippen LogP contribution in [-0.2, 0) is 9.90 Å². The van der Waals surface area contributed by atoms with Crippen LogP contribution in [-0.4, -0.2) is 18.8 Å². The van der Waals surface area contributed by atoms with Gasteiger partial charge < -0.3 is 0 Å². The Labute approximate surface area is 53.5 Å². The smallest absolute Gasteiger partial charge is 0.247 e. The van der Waals surface area contributed by atoms with E-state index in [-0.39, 0.29) is 0 Å². The number of alkyl halides is 4. The molecular formula is C4H3F4O2. The standard InChI is InChI=1S/C4H3F4O2/c5-2(6)1(3(7)8)4(9)10/h1-3H. The van der Waals surface area contributed by atoms with Gasteiger partial charge in [-0.2, -0.15) is 0 Å². The van der Waals surface area contributed by atoms with Crippen molar-refractivity contribution in [1.29, 1.82) is 0 Å². The minimum absolute atomic E-state index is 2.43. The summed E-state index contributed by atoms with van der Waals surface area (Å²) >= 11 is 0. The highest BCUT2D eigenvalue weighted by Crippen LogP contribution is 2.18. The lowest BCUT2D eigenvalue weighted by molar-refractivity contribution is -0.162. The minimum atomic E-state index is -3.58. The van der Waals surface area contributed by atoms with E-state index in [1.807, 2.05) is 0 Å². The van der Waals surface area contributed by atoms with E-state index in [9.17, 15) is 27.5 Å². The molecule has 1 radical (unpaired) electrons. The van der Waals surface area contributed by atoms with Crippen molar-refractivity contribution in [2.24, 2.45) is 5.92 Å². The van der Waals surface area contributed by atoms with E-state index in [4.69, 9.17) is 0 Å². The molecule has 6 heteroatoms. The molecule has 0 heterocycles. The molecular weight excluding hydrogens is 156 g/mol. The lowest BCUT2D eigenvalue weighted by Gasteiger charge is -2.06. The monoisotopic (exact) mass is 159 g/mol. The van der Waals surface area contributed by atoms with Gasteiger partial charge in [0.1, 0.15) is 0 Å². The van der Waals surface area contributed by atoms with Gasteiger partial charge in [0.15, 0.2) is 5.92 Å². The molecule has 0 rings (SSSR count). The van der Waals surface area contributed by atoms with Crippen molar-refractivity contribution in [2.75, 3.05) is 0 Å². The second kappa shape index (κ2) is 3.38. The van der Waals surface area contributed by atoms with Crippen LogP contribution >= 0.6 is 0 Å². The van der Waals surface area contributed by atoms with Gasteiger partial charge in [-0.15, -0.1) is 0 Å². The molecule has 59 valence electrons. The van der Waals surface area contributed by atoms with E-state index < -0.39 is 24.7 Å². The third-order valence-electron chi connectivity index (χ3n) is 0.815. The zero-order valence-corrected chi connectivity index (χ0v) is 4.56. The van der Waals surface area contributed by atoms with Crippen LogP contribution in [0.25, 0.3) is 0 Å². The molecule has 2 nitrogen and oxygen atoms in total. The molecule has 0 aromatic heterocycles. The van der Waals surface area contributed by atoms with Crippen LogP contribution in [0.3, 0.4) is 0 Å². The third kappa shape index (κ3) is 2.20. The first-order valence-electron chi connectivity index (χ1n) is 2.24. The van der Waals surface area contributed by atoms with Gasteiger partial charge >= 0.3 is 5.97 Å². The van der Waals surface area contributed by atoms with Crippen LogP contribution in [0.5, 0.6) is 0 Å². The van der Waals surface area contributed by atoms with Crippen LogP contribution in [0.15, 0.2) is 0 Å². The molecule has 0 aromatic carbocycles. The Morgan fingerprint density at radius 2 is 1.30 bits per heavy atom. The van der Waals surface area contributed by atoms with E-state index in [2.05, 4.69) is 0 Å². The van der Waals surface area contributed by atoms with Crippen molar-refractivity contribution < 1.29 is 27.5 Å². The maximum atomic E-state index is 11.3. The Bertz CT molecular complexity index is 116. The van der Waals surface area contributed by atoms with Crippen molar-refractivity contribution >= 4 is 5.97 Å². The fourth-order valence-electron chi connectivity index (χ4n) is 0.316. The predicted molar refractivity (Wildman–Crippen MR) is 21.2 cm³/mol.